The lowest BCUT2D eigenvalue weighted by molar-refractivity contribution is 0.254. The Balaban J connectivity index is 1.56. The van der Waals surface area contributed by atoms with Crippen molar-refractivity contribution in [3.63, 3.8) is 0 Å². The smallest absolute Gasteiger partial charge is 0.225 e. The molecule has 9 nitrogen and oxygen atoms in total. The number of hydrogen-bond donors (Lipinski definition) is 2. The van der Waals surface area contributed by atoms with Crippen molar-refractivity contribution in [3.05, 3.63) is 12.1 Å². The second-order valence-electron chi connectivity index (χ2n) is 9.54. The molecule has 0 bridgehead atoms. The number of fused-ring (bicyclic) bond motifs is 1. The van der Waals surface area contributed by atoms with Crippen LogP contribution in [-0.2, 0) is 9.84 Å². The van der Waals surface area contributed by atoms with Crippen molar-refractivity contribution in [2.45, 2.75) is 58.0 Å². The standard InChI is InChI=1S/C24H37N5O4S/c1-17(2)25-24-27-20-16-22(33-12-6-11-29-9-4-5-10-29)21(32-3)15-19(20)23(28-24)26-18-7-13-34(30,31)14-8-18/h15-18H,4-14H2,1-3H3,(H2,25,26,27,28). The fourth-order valence-electron chi connectivity index (χ4n) is 4.55. The van der Waals surface area contributed by atoms with Crippen LogP contribution in [0.2, 0.25) is 0 Å². The minimum Gasteiger partial charge on any atom is -0.493 e. The van der Waals surface area contributed by atoms with Gasteiger partial charge in [-0.25, -0.2) is 13.4 Å². The molecule has 0 unspecified atom stereocenters. The van der Waals surface area contributed by atoms with Crippen LogP contribution in [0.3, 0.4) is 0 Å². The molecule has 10 heteroatoms. The summed E-state index contributed by atoms with van der Waals surface area (Å²) in [6.45, 7) is 8.11. The molecule has 1 aromatic heterocycles. The molecule has 2 aliphatic rings. The minimum atomic E-state index is -2.93. The van der Waals surface area contributed by atoms with Gasteiger partial charge in [0.1, 0.15) is 15.7 Å². The predicted octanol–water partition coefficient (Wildman–Crippen LogP) is 3.31. The first-order valence-electron chi connectivity index (χ1n) is 12.3. The van der Waals surface area contributed by atoms with E-state index in [2.05, 4.69) is 15.5 Å². The molecular formula is C24H37N5O4S. The van der Waals surface area contributed by atoms with Crippen LogP contribution in [0.15, 0.2) is 12.1 Å². The van der Waals surface area contributed by atoms with Gasteiger partial charge in [-0.2, -0.15) is 4.98 Å². The van der Waals surface area contributed by atoms with E-state index in [1.165, 1.54) is 25.9 Å². The van der Waals surface area contributed by atoms with Crippen molar-refractivity contribution in [3.8, 4) is 11.5 Å². The van der Waals surface area contributed by atoms with Crippen LogP contribution < -0.4 is 20.1 Å². The highest BCUT2D eigenvalue weighted by molar-refractivity contribution is 7.91. The molecule has 2 saturated heterocycles. The van der Waals surface area contributed by atoms with Crippen LogP contribution in [0.1, 0.15) is 46.0 Å². The van der Waals surface area contributed by atoms with E-state index in [1.807, 2.05) is 26.0 Å². The highest BCUT2D eigenvalue weighted by atomic mass is 32.2. The summed E-state index contributed by atoms with van der Waals surface area (Å²) in [6.07, 6.45) is 4.67. The van der Waals surface area contributed by atoms with E-state index in [1.54, 1.807) is 7.11 Å². The van der Waals surface area contributed by atoms with Gasteiger partial charge in [0.25, 0.3) is 0 Å². The molecule has 0 atom stereocenters. The summed E-state index contributed by atoms with van der Waals surface area (Å²) in [5.74, 6) is 2.90. The summed E-state index contributed by atoms with van der Waals surface area (Å²) in [5.41, 5.74) is 0.749. The number of nitrogens with one attached hydrogen (secondary N) is 2. The van der Waals surface area contributed by atoms with E-state index in [0.29, 0.717) is 42.7 Å². The number of methoxy groups -OCH3 is 1. The number of hydrogen-bond acceptors (Lipinski definition) is 9. The Hall–Kier alpha value is -2.33. The largest absolute Gasteiger partial charge is 0.493 e. The van der Waals surface area contributed by atoms with Gasteiger partial charge in [0.2, 0.25) is 5.95 Å². The number of likely N-dealkylation sites (tertiary alicyclic amines) is 1. The first-order valence-corrected chi connectivity index (χ1v) is 14.1. The van der Waals surface area contributed by atoms with Crippen molar-refractivity contribution in [2.24, 2.45) is 0 Å². The third kappa shape index (κ3) is 6.41. The molecule has 2 N–H and O–H groups in total. The average molecular weight is 492 g/mol. The number of aromatic nitrogens is 2. The van der Waals surface area contributed by atoms with Crippen LogP contribution in [0.4, 0.5) is 11.8 Å². The zero-order valence-corrected chi connectivity index (χ0v) is 21.3. The number of sulfone groups is 1. The molecule has 188 valence electrons. The van der Waals surface area contributed by atoms with Crippen LogP contribution in [0, 0.1) is 0 Å². The third-order valence-corrected chi connectivity index (χ3v) is 8.08. The maximum Gasteiger partial charge on any atom is 0.225 e. The molecule has 2 fully saturated rings. The molecule has 2 aromatic rings. The molecule has 34 heavy (non-hydrogen) atoms. The monoisotopic (exact) mass is 491 g/mol. The molecular weight excluding hydrogens is 454 g/mol. The Morgan fingerprint density at radius 1 is 1.12 bits per heavy atom. The van der Waals surface area contributed by atoms with Crippen molar-refractivity contribution < 1.29 is 17.9 Å². The zero-order chi connectivity index (χ0) is 24.1. The van der Waals surface area contributed by atoms with Gasteiger partial charge in [-0.15, -0.1) is 0 Å². The number of rotatable bonds is 10. The lowest BCUT2D eigenvalue weighted by atomic mass is 10.1. The van der Waals surface area contributed by atoms with E-state index >= 15 is 0 Å². The van der Waals surface area contributed by atoms with Gasteiger partial charge in [-0.05, 0) is 65.1 Å². The predicted molar refractivity (Wildman–Crippen MR) is 136 cm³/mol. The van der Waals surface area contributed by atoms with Crippen molar-refractivity contribution in [1.29, 1.82) is 0 Å². The van der Waals surface area contributed by atoms with Gasteiger partial charge in [0.15, 0.2) is 11.5 Å². The second kappa shape index (κ2) is 10.9. The van der Waals surface area contributed by atoms with Gasteiger partial charge in [0.05, 0.1) is 30.7 Å². The van der Waals surface area contributed by atoms with E-state index in [4.69, 9.17) is 19.4 Å². The number of anilines is 2. The molecule has 0 saturated carbocycles. The van der Waals surface area contributed by atoms with E-state index < -0.39 is 9.84 Å². The maximum absolute atomic E-state index is 11.8. The van der Waals surface area contributed by atoms with Crippen LogP contribution in [0.5, 0.6) is 11.5 Å². The quantitative estimate of drug-likeness (QED) is 0.484. The summed E-state index contributed by atoms with van der Waals surface area (Å²) in [5, 5.41) is 7.58. The van der Waals surface area contributed by atoms with E-state index in [9.17, 15) is 8.42 Å². The lowest BCUT2D eigenvalue weighted by Crippen LogP contribution is -2.32. The Kier molecular flexibility index (Phi) is 7.98. The molecule has 0 amide bonds. The highest BCUT2D eigenvalue weighted by Gasteiger charge is 2.25. The third-order valence-electron chi connectivity index (χ3n) is 6.37. The van der Waals surface area contributed by atoms with Gasteiger partial charge >= 0.3 is 0 Å². The van der Waals surface area contributed by atoms with E-state index in [0.717, 1.165) is 23.9 Å². The summed E-state index contributed by atoms with van der Waals surface area (Å²) >= 11 is 0. The number of ether oxygens (including phenoxy) is 2. The maximum atomic E-state index is 11.8. The fraction of sp³-hybridized carbons (Fsp3) is 0.667. The zero-order valence-electron chi connectivity index (χ0n) is 20.5. The SMILES string of the molecule is COc1cc2c(NC3CCS(=O)(=O)CC3)nc(NC(C)C)nc2cc1OCCCN1CCCC1. The first-order chi connectivity index (χ1) is 16.3. The van der Waals surface area contributed by atoms with Crippen molar-refractivity contribution in [1.82, 2.24) is 14.9 Å². The van der Waals surface area contributed by atoms with Crippen molar-refractivity contribution >= 4 is 32.5 Å². The van der Waals surface area contributed by atoms with Gasteiger partial charge in [-0.1, -0.05) is 0 Å². The Bertz CT molecular complexity index is 1070. The lowest BCUT2D eigenvalue weighted by Gasteiger charge is -2.24. The molecule has 4 rings (SSSR count). The number of nitrogens with zero attached hydrogens (tertiary/aromatic N) is 3. The van der Waals surface area contributed by atoms with Crippen LogP contribution in [0.25, 0.3) is 10.9 Å². The van der Waals surface area contributed by atoms with E-state index in [-0.39, 0.29) is 23.6 Å². The summed E-state index contributed by atoms with van der Waals surface area (Å²) in [7, 11) is -1.30. The fourth-order valence-corrected chi connectivity index (χ4v) is 6.04. The molecule has 0 radical (unpaired) electrons. The average Bonchev–Trinajstić information content (AvgIpc) is 3.31. The first kappa shape index (κ1) is 24.8. The molecule has 2 aliphatic heterocycles. The molecule has 0 aliphatic carbocycles. The summed E-state index contributed by atoms with van der Waals surface area (Å²) < 4.78 is 35.4. The van der Waals surface area contributed by atoms with Crippen molar-refractivity contribution in [2.75, 3.05) is 55.5 Å². The number of benzene rings is 1. The Morgan fingerprint density at radius 2 is 1.85 bits per heavy atom. The molecule has 3 heterocycles. The Morgan fingerprint density at radius 3 is 2.53 bits per heavy atom. The van der Waals surface area contributed by atoms with Gasteiger partial charge in [0, 0.05) is 30.1 Å². The minimum absolute atomic E-state index is 0.0426. The molecule has 1 aromatic carbocycles. The van der Waals surface area contributed by atoms with Gasteiger partial charge < -0.3 is 25.0 Å². The summed E-state index contributed by atoms with van der Waals surface area (Å²) in [4.78, 5) is 11.9. The normalized spacial score (nSPS) is 18.9. The van der Waals surface area contributed by atoms with Crippen LogP contribution in [-0.4, -0.2) is 80.2 Å². The summed E-state index contributed by atoms with van der Waals surface area (Å²) in [6, 6.07) is 4.03. The topological polar surface area (TPSA) is 106 Å². The second-order valence-corrected chi connectivity index (χ2v) is 11.8. The highest BCUT2D eigenvalue weighted by Crippen LogP contribution is 2.35. The molecule has 0 spiro atoms. The Labute approximate surface area is 202 Å². The van der Waals surface area contributed by atoms with Crippen LogP contribution >= 0.6 is 0 Å². The van der Waals surface area contributed by atoms with Gasteiger partial charge in [-0.3, -0.25) is 0 Å².